The van der Waals surface area contributed by atoms with Crippen LogP contribution in [0.4, 0.5) is 19.0 Å². The summed E-state index contributed by atoms with van der Waals surface area (Å²) in [4.78, 5) is 0. The molecule has 2 N–H and O–H groups in total. The van der Waals surface area contributed by atoms with Crippen molar-refractivity contribution in [3.63, 3.8) is 0 Å². The lowest BCUT2D eigenvalue weighted by Gasteiger charge is -2.11. The van der Waals surface area contributed by atoms with E-state index in [1.807, 2.05) is 0 Å². The predicted molar refractivity (Wildman–Crippen MR) is 58.9 cm³/mol. The molecule has 1 aliphatic carbocycles. The van der Waals surface area contributed by atoms with Crippen LogP contribution >= 0.6 is 0 Å². The van der Waals surface area contributed by atoms with Crippen LogP contribution in [0.25, 0.3) is 0 Å². The molecule has 1 aromatic rings. The molecule has 0 bridgehead atoms. The molecule has 1 heterocycles. The standard InChI is InChI=1S/C11H14F3N3O/c12-11(13,14)9-3-4-10(17-16-9)15-6-7-1-2-8(18)5-7/h3-4,7-8,18H,1-2,5-6H2,(H,15,17). The monoisotopic (exact) mass is 261 g/mol. The minimum atomic E-state index is -4.46. The SMILES string of the molecule is OC1CCC(CNc2ccc(C(F)(F)F)nn2)C1. The maximum absolute atomic E-state index is 12.2. The molecule has 0 aliphatic heterocycles. The van der Waals surface area contributed by atoms with Crippen molar-refractivity contribution >= 4 is 5.82 Å². The Morgan fingerprint density at radius 1 is 1.28 bits per heavy atom. The van der Waals surface area contributed by atoms with Gasteiger partial charge in [-0.15, -0.1) is 10.2 Å². The summed E-state index contributed by atoms with van der Waals surface area (Å²) in [7, 11) is 0. The van der Waals surface area contributed by atoms with Gasteiger partial charge in [0, 0.05) is 6.54 Å². The second-order valence-corrected chi connectivity index (χ2v) is 4.52. The lowest BCUT2D eigenvalue weighted by Crippen LogP contribution is -2.15. The zero-order valence-corrected chi connectivity index (χ0v) is 9.61. The minimum Gasteiger partial charge on any atom is -0.393 e. The Labute approximate surface area is 102 Å². The second-order valence-electron chi connectivity index (χ2n) is 4.52. The van der Waals surface area contributed by atoms with Gasteiger partial charge in [0.15, 0.2) is 5.69 Å². The third kappa shape index (κ3) is 3.32. The van der Waals surface area contributed by atoms with Crippen LogP contribution in [0.15, 0.2) is 12.1 Å². The van der Waals surface area contributed by atoms with Gasteiger partial charge in [0.2, 0.25) is 0 Å². The van der Waals surface area contributed by atoms with Crippen molar-refractivity contribution in [1.29, 1.82) is 0 Å². The maximum Gasteiger partial charge on any atom is 0.435 e. The highest BCUT2D eigenvalue weighted by atomic mass is 19.4. The summed E-state index contributed by atoms with van der Waals surface area (Å²) in [6.07, 6.45) is -2.29. The molecule has 4 nitrogen and oxygen atoms in total. The van der Waals surface area contributed by atoms with Gasteiger partial charge in [-0.1, -0.05) is 0 Å². The van der Waals surface area contributed by atoms with Crippen molar-refractivity contribution < 1.29 is 18.3 Å². The summed E-state index contributed by atoms with van der Waals surface area (Å²) in [6.45, 7) is 0.594. The van der Waals surface area contributed by atoms with E-state index in [1.54, 1.807) is 0 Å². The summed E-state index contributed by atoms with van der Waals surface area (Å²) < 4.78 is 36.7. The Morgan fingerprint density at radius 2 is 2.06 bits per heavy atom. The Bertz CT molecular complexity index is 394. The van der Waals surface area contributed by atoms with E-state index in [1.165, 1.54) is 6.07 Å². The molecule has 0 aromatic carbocycles. The zero-order chi connectivity index (χ0) is 13.2. The lowest BCUT2D eigenvalue weighted by molar-refractivity contribution is -0.141. The molecular weight excluding hydrogens is 247 g/mol. The Hall–Kier alpha value is -1.37. The quantitative estimate of drug-likeness (QED) is 0.874. The number of halogens is 3. The molecule has 0 saturated heterocycles. The fraction of sp³-hybridized carbons (Fsp3) is 0.636. The van der Waals surface area contributed by atoms with Crippen LogP contribution in [-0.4, -0.2) is 28.0 Å². The molecular formula is C11H14F3N3O. The molecule has 2 atom stereocenters. The van der Waals surface area contributed by atoms with Gasteiger partial charge in [0.1, 0.15) is 5.82 Å². The molecule has 1 aliphatic rings. The molecule has 2 unspecified atom stereocenters. The smallest absolute Gasteiger partial charge is 0.393 e. The summed E-state index contributed by atoms with van der Waals surface area (Å²) in [5, 5.41) is 18.9. The number of nitrogens with zero attached hydrogens (tertiary/aromatic N) is 2. The summed E-state index contributed by atoms with van der Waals surface area (Å²) in [5.41, 5.74) is -0.996. The van der Waals surface area contributed by atoms with Crippen LogP contribution < -0.4 is 5.32 Å². The van der Waals surface area contributed by atoms with E-state index in [9.17, 15) is 18.3 Å². The topological polar surface area (TPSA) is 58.0 Å². The van der Waals surface area contributed by atoms with Gasteiger partial charge in [-0.3, -0.25) is 0 Å². The van der Waals surface area contributed by atoms with Gasteiger partial charge < -0.3 is 10.4 Å². The number of nitrogens with one attached hydrogen (secondary N) is 1. The van der Waals surface area contributed by atoms with Crippen LogP contribution in [-0.2, 0) is 6.18 Å². The highest BCUT2D eigenvalue weighted by Crippen LogP contribution is 2.28. The van der Waals surface area contributed by atoms with Gasteiger partial charge in [-0.05, 0) is 37.3 Å². The molecule has 1 saturated carbocycles. The van der Waals surface area contributed by atoms with E-state index in [-0.39, 0.29) is 6.10 Å². The number of aromatic nitrogens is 2. The van der Waals surface area contributed by atoms with Crippen LogP contribution in [0.3, 0.4) is 0 Å². The van der Waals surface area contributed by atoms with E-state index >= 15 is 0 Å². The Morgan fingerprint density at radius 3 is 2.56 bits per heavy atom. The Balaban J connectivity index is 1.87. The van der Waals surface area contributed by atoms with Crippen molar-refractivity contribution in [2.45, 2.75) is 31.5 Å². The first kappa shape index (κ1) is 13.1. The predicted octanol–water partition coefficient (Wildman–Crippen LogP) is 2.07. The number of aliphatic hydroxyl groups is 1. The van der Waals surface area contributed by atoms with Crippen molar-refractivity contribution in [3.8, 4) is 0 Å². The average Bonchev–Trinajstić information content (AvgIpc) is 2.72. The number of hydrogen-bond donors (Lipinski definition) is 2. The Kier molecular flexibility index (Phi) is 3.70. The van der Waals surface area contributed by atoms with E-state index in [4.69, 9.17) is 0 Å². The zero-order valence-electron chi connectivity index (χ0n) is 9.61. The lowest BCUT2D eigenvalue weighted by atomic mass is 10.1. The van der Waals surface area contributed by atoms with Crippen LogP contribution in [0.5, 0.6) is 0 Å². The van der Waals surface area contributed by atoms with Gasteiger partial charge in [-0.25, -0.2) is 0 Å². The number of rotatable bonds is 3. The summed E-state index contributed by atoms with van der Waals surface area (Å²) >= 11 is 0. The first-order valence-electron chi connectivity index (χ1n) is 5.78. The van der Waals surface area contributed by atoms with Gasteiger partial charge >= 0.3 is 6.18 Å². The highest BCUT2D eigenvalue weighted by molar-refractivity contribution is 5.33. The molecule has 0 spiro atoms. The fourth-order valence-electron chi connectivity index (χ4n) is 2.06. The van der Waals surface area contributed by atoms with E-state index in [0.29, 0.717) is 18.3 Å². The normalized spacial score (nSPS) is 24.2. The molecule has 1 fully saturated rings. The number of anilines is 1. The van der Waals surface area contributed by atoms with Crippen LogP contribution in [0.1, 0.15) is 25.0 Å². The first-order chi connectivity index (χ1) is 8.45. The largest absolute Gasteiger partial charge is 0.435 e. The van der Waals surface area contributed by atoms with Gasteiger partial charge in [-0.2, -0.15) is 13.2 Å². The summed E-state index contributed by atoms with van der Waals surface area (Å²) in [5.74, 6) is 0.661. The van der Waals surface area contributed by atoms with Crippen molar-refractivity contribution in [1.82, 2.24) is 10.2 Å². The molecule has 1 aromatic heterocycles. The van der Waals surface area contributed by atoms with Crippen molar-refractivity contribution in [3.05, 3.63) is 17.8 Å². The highest BCUT2D eigenvalue weighted by Gasteiger charge is 2.32. The number of hydrogen-bond acceptors (Lipinski definition) is 4. The third-order valence-corrected chi connectivity index (χ3v) is 3.04. The van der Waals surface area contributed by atoms with Gasteiger partial charge in [0.25, 0.3) is 0 Å². The van der Waals surface area contributed by atoms with Crippen LogP contribution in [0.2, 0.25) is 0 Å². The molecule has 0 radical (unpaired) electrons. The molecule has 18 heavy (non-hydrogen) atoms. The summed E-state index contributed by atoms with van der Waals surface area (Å²) in [6, 6.07) is 2.17. The van der Waals surface area contributed by atoms with Gasteiger partial charge in [0.05, 0.1) is 6.10 Å². The average molecular weight is 261 g/mol. The molecule has 0 amide bonds. The number of aliphatic hydroxyl groups excluding tert-OH is 1. The minimum absolute atomic E-state index is 0.254. The molecule has 2 rings (SSSR count). The maximum atomic E-state index is 12.2. The van der Waals surface area contributed by atoms with E-state index in [2.05, 4.69) is 15.5 Å². The third-order valence-electron chi connectivity index (χ3n) is 3.04. The second kappa shape index (κ2) is 5.09. The number of alkyl halides is 3. The van der Waals surface area contributed by atoms with E-state index < -0.39 is 11.9 Å². The van der Waals surface area contributed by atoms with Crippen molar-refractivity contribution in [2.75, 3.05) is 11.9 Å². The molecule has 7 heteroatoms. The first-order valence-corrected chi connectivity index (χ1v) is 5.78. The fourth-order valence-corrected chi connectivity index (χ4v) is 2.06. The van der Waals surface area contributed by atoms with Crippen molar-refractivity contribution in [2.24, 2.45) is 5.92 Å². The molecule has 100 valence electrons. The van der Waals surface area contributed by atoms with E-state index in [0.717, 1.165) is 25.3 Å². The van der Waals surface area contributed by atoms with Crippen LogP contribution in [0, 0.1) is 5.92 Å².